The van der Waals surface area contributed by atoms with Crippen molar-refractivity contribution in [1.29, 1.82) is 0 Å². The van der Waals surface area contributed by atoms with Crippen molar-refractivity contribution in [2.24, 2.45) is 5.73 Å². The maximum atomic E-state index is 12.5. The van der Waals surface area contributed by atoms with Gasteiger partial charge in [0.15, 0.2) is 0 Å². The van der Waals surface area contributed by atoms with Crippen LogP contribution in [0.5, 0.6) is 0 Å². The molecular formula is C13H16F3N3O3S. The highest BCUT2D eigenvalue weighted by Gasteiger charge is 2.34. The summed E-state index contributed by atoms with van der Waals surface area (Å²) in [7, 11) is -2.51. The summed E-state index contributed by atoms with van der Waals surface area (Å²) < 4.78 is 63.7. The van der Waals surface area contributed by atoms with Crippen molar-refractivity contribution >= 4 is 15.9 Å². The normalized spacial score (nSPS) is 21.3. The maximum Gasteiger partial charge on any atom is 0.416 e. The molecule has 2 rings (SSSR count). The number of nitrogens with zero attached hydrogens (tertiary/aromatic N) is 2. The van der Waals surface area contributed by atoms with Crippen LogP contribution in [0.1, 0.15) is 5.56 Å². The minimum Gasteiger partial charge on any atom is -0.343 e. The third kappa shape index (κ3) is 3.65. The van der Waals surface area contributed by atoms with E-state index in [-0.39, 0.29) is 30.4 Å². The molecule has 128 valence electrons. The molecular weight excluding hydrogens is 335 g/mol. The number of alkyl halides is 3. The molecule has 1 amide bonds. The van der Waals surface area contributed by atoms with Crippen LogP contribution in [0.3, 0.4) is 0 Å². The van der Waals surface area contributed by atoms with Crippen LogP contribution in [0.15, 0.2) is 29.2 Å². The average molecular weight is 351 g/mol. The second kappa shape index (κ2) is 6.10. The van der Waals surface area contributed by atoms with Gasteiger partial charge in [-0.15, -0.1) is 0 Å². The second-order valence-corrected chi connectivity index (χ2v) is 7.19. The summed E-state index contributed by atoms with van der Waals surface area (Å²) in [6, 6.07) is 2.22. The zero-order chi connectivity index (χ0) is 17.4. The molecule has 1 aliphatic heterocycles. The van der Waals surface area contributed by atoms with Gasteiger partial charge >= 0.3 is 6.18 Å². The maximum absolute atomic E-state index is 12.5. The molecule has 1 aromatic carbocycles. The Labute approximate surface area is 131 Å². The number of benzene rings is 1. The van der Waals surface area contributed by atoms with Gasteiger partial charge < -0.3 is 10.6 Å². The van der Waals surface area contributed by atoms with E-state index < -0.39 is 27.8 Å². The number of likely N-dealkylation sites (N-methyl/N-ethyl adjacent to an activating group) is 1. The van der Waals surface area contributed by atoms with Crippen LogP contribution in [0.25, 0.3) is 0 Å². The first-order chi connectivity index (χ1) is 10.5. The first-order valence-corrected chi connectivity index (χ1v) is 8.15. The molecule has 0 radical (unpaired) electrons. The topological polar surface area (TPSA) is 83.7 Å². The molecule has 2 N–H and O–H groups in total. The molecule has 0 aromatic heterocycles. The fraction of sp³-hybridized carbons (Fsp3) is 0.462. The van der Waals surface area contributed by atoms with Crippen LogP contribution in [0, 0.1) is 0 Å². The summed E-state index contributed by atoms with van der Waals surface area (Å²) in [6.45, 7) is -0.0295. The molecule has 1 aliphatic rings. The van der Waals surface area contributed by atoms with E-state index in [0.717, 1.165) is 16.4 Å². The van der Waals surface area contributed by atoms with Crippen molar-refractivity contribution in [3.05, 3.63) is 29.8 Å². The third-order valence-electron chi connectivity index (χ3n) is 3.60. The number of amides is 1. The first-order valence-electron chi connectivity index (χ1n) is 6.71. The molecule has 1 atom stereocenters. The molecule has 0 saturated carbocycles. The summed E-state index contributed by atoms with van der Waals surface area (Å²) in [6.07, 6.45) is -4.54. The highest BCUT2D eigenvalue weighted by atomic mass is 32.2. The van der Waals surface area contributed by atoms with Crippen molar-refractivity contribution in [2.45, 2.75) is 17.1 Å². The molecule has 1 saturated heterocycles. The molecule has 0 spiro atoms. The number of halogens is 3. The van der Waals surface area contributed by atoms with Gasteiger partial charge in [-0.25, -0.2) is 8.42 Å². The van der Waals surface area contributed by atoms with E-state index in [1.54, 1.807) is 0 Å². The first kappa shape index (κ1) is 17.7. The molecule has 0 unspecified atom stereocenters. The smallest absolute Gasteiger partial charge is 0.343 e. The van der Waals surface area contributed by atoms with E-state index in [1.807, 2.05) is 0 Å². The highest BCUT2D eigenvalue weighted by molar-refractivity contribution is 7.89. The van der Waals surface area contributed by atoms with Gasteiger partial charge in [0, 0.05) is 26.7 Å². The SMILES string of the molecule is CN1CCN(S(=O)(=O)c2ccc(C(F)(F)F)cc2)C[C@H](N)C1=O. The summed E-state index contributed by atoms with van der Waals surface area (Å²) in [4.78, 5) is 12.8. The lowest BCUT2D eigenvalue weighted by Crippen LogP contribution is -2.45. The Kier molecular flexibility index (Phi) is 4.69. The third-order valence-corrected chi connectivity index (χ3v) is 5.48. The van der Waals surface area contributed by atoms with E-state index in [0.29, 0.717) is 12.1 Å². The summed E-state index contributed by atoms with van der Waals surface area (Å²) in [5.41, 5.74) is 4.74. The van der Waals surface area contributed by atoms with Crippen LogP contribution in [0.2, 0.25) is 0 Å². The van der Waals surface area contributed by atoms with Gasteiger partial charge in [-0.2, -0.15) is 17.5 Å². The number of hydrogen-bond acceptors (Lipinski definition) is 4. The van der Waals surface area contributed by atoms with Gasteiger partial charge in [-0.3, -0.25) is 4.79 Å². The Bertz CT molecular complexity index is 689. The lowest BCUT2D eigenvalue weighted by molar-refractivity contribution is -0.137. The van der Waals surface area contributed by atoms with Gasteiger partial charge in [0.1, 0.15) is 0 Å². The Balaban J connectivity index is 2.29. The molecule has 1 fully saturated rings. The van der Waals surface area contributed by atoms with Gasteiger partial charge in [0.05, 0.1) is 16.5 Å². The molecule has 0 bridgehead atoms. The van der Waals surface area contributed by atoms with E-state index >= 15 is 0 Å². The van der Waals surface area contributed by atoms with Gasteiger partial charge in [0.25, 0.3) is 0 Å². The van der Waals surface area contributed by atoms with Crippen LogP contribution in [0.4, 0.5) is 13.2 Å². The van der Waals surface area contributed by atoms with Crippen LogP contribution >= 0.6 is 0 Å². The quantitative estimate of drug-likeness (QED) is 0.841. The van der Waals surface area contributed by atoms with Gasteiger partial charge in [-0.05, 0) is 24.3 Å². The van der Waals surface area contributed by atoms with Crippen LogP contribution in [-0.4, -0.2) is 56.3 Å². The standard InChI is InChI=1S/C13H16F3N3O3S/c1-18-6-7-19(8-11(17)12(18)20)23(21,22)10-4-2-9(3-5-10)13(14,15)16/h2-5,11H,6-8,17H2,1H3/t11-/m0/s1. The van der Waals surface area contributed by atoms with E-state index in [1.165, 1.54) is 11.9 Å². The van der Waals surface area contributed by atoms with Crippen LogP contribution < -0.4 is 5.73 Å². The number of carbonyl (C=O) groups excluding carboxylic acids is 1. The number of hydrogen-bond donors (Lipinski definition) is 1. The van der Waals surface area contributed by atoms with Crippen molar-refractivity contribution in [1.82, 2.24) is 9.21 Å². The Morgan fingerprint density at radius 1 is 1.17 bits per heavy atom. The molecule has 1 heterocycles. The fourth-order valence-corrected chi connectivity index (χ4v) is 3.68. The fourth-order valence-electron chi connectivity index (χ4n) is 2.23. The molecule has 0 aliphatic carbocycles. The van der Waals surface area contributed by atoms with E-state index in [2.05, 4.69) is 0 Å². The number of rotatable bonds is 2. The Morgan fingerprint density at radius 3 is 2.26 bits per heavy atom. The van der Waals surface area contributed by atoms with Crippen molar-refractivity contribution < 1.29 is 26.4 Å². The molecule has 10 heteroatoms. The minimum absolute atomic E-state index is 0.0271. The zero-order valence-corrected chi connectivity index (χ0v) is 13.1. The van der Waals surface area contributed by atoms with Gasteiger partial charge in [0.2, 0.25) is 15.9 Å². The monoisotopic (exact) mass is 351 g/mol. The average Bonchev–Trinajstić information content (AvgIpc) is 2.60. The van der Waals surface area contributed by atoms with Crippen molar-refractivity contribution in [2.75, 3.05) is 26.7 Å². The second-order valence-electron chi connectivity index (χ2n) is 5.25. The van der Waals surface area contributed by atoms with Crippen molar-refractivity contribution in [3.8, 4) is 0 Å². The largest absolute Gasteiger partial charge is 0.416 e. The van der Waals surface area contributed by atoms with E-state index in [9.17, 15) is 26.4 Å². The summed E-state index contributed by atoms with van der Waals surface area (Å²) in [5.74, 6) is -0.380. The number of carbonyl (C=O) groups is 1. The van der Waals surface area contributed by atoms with Crippen LogP contribution in [-0.2, 0) is 21.0 Å². The predicted octanol–water partition coefficient (Wildman–Crippen LogP) is 0.495. The lowest BCUT2D eigenvalue weighted by Gasteiger charge is -2.21. The number of sulfonamides is 1. The summed E-state index contributed by atoms with van der Waals surface area (Å²) in [5, 5.41) is 0. The molecule has 6 nitrogen and oxygen atoms in total. The minimum atomic E-state index is -4.54. The Hall–Kier alpha value is -1.65. The Morgan fingerprint density at radius 2 is 1.74 bits per heavy atom. The lowest BCUT2D eigenvalue weighted by atomic mass is 10.2. The zero-order valence-electron chi connectivity index (χ0n) is 12.2. The van der Waals surface area contributed by atoms with Gasteiger partial charge in [-0.1, -0.05) is 0 Å². The molecule has 23 heavy (non-hydrogen) atoms. The highest BCUT2D eigenvalue weighted by Crippen LogP contribution is 2.30. The predicted molar refractivity (Wildman–Crippen MR) is 75.8 cm³/mol. The van der Waals surface area contributed by atoms with E-state index in [4.69, 9.17) is 5.73 Å². The molecule has 1 aromatic rings. The summed E-state index contributed by atoms with van der Waals surface area (Å²) >= 11 is 0. The van der Waals surface area contributed by atoms with Crippen molar-refractivity contribution in [3.63, 3.8) is 0 Å². The number of nitrogens with two attached hydrogens (primary N) is 1.